The van der Waals surface area contributed by atoms with Crippen LogP contribution in [0.5, 0.6) is 0 Å². The first-order chi connectivity index (χ1) is 15.6. The van der Waals surface area contributed by atoms with Gasteiger partial charge in [0, 0.05) is 12.1 Å². The first-order valence-corrected chi connectivity index (χ1v) is 13.3. The molecule has 11 atom stereocenters. The van der Waals surface area contributed by atoms with E-state index in [1.165, 1.54) is 32.1 Å². The molecule has 1 heterocycles. The number of nitrogens with zero attached hydrogens (tertiary/aromatic N) is 3. The molecule has 0 aromatic carbocycles. The van der Waals surface area contributed by atoms with Gasteiger partial charge < -0.3 is 5.11 Å². The maximum atomic E-state index is 13.8. The van der Waals surface area contributed by atoms with Gasteiger partial charge in [0.25, 0.3) is 0 Å². The summed E-state index contributed by atoms with van der Waals surface area (Å²) in [6.45, 7) is 9.01. The molecule has 5 saturated carbocycles. The van der Waals surface area contributed by atoms with Gasteiger partial charge in [0.15, 0.2) is 5.78 Å². The van der Waals surface area contributed by atoms with E-state index in [1.54, 1.807) is 10.9 Å². The number of nitriles is 1. The molecule has 5 aliphatic carbocycles. The van der Waals surface area contributed by atoms with Crippen molar-refractivity contribution in [2.75, 3.05) is 0 Å². The molecular formula is C28H39N3O2. The molecule has 6 rings (SSSR count). The Bertz CT molecular complexity index is 1020. The Morgan fingerprint density at radius 3 is 2.67 bits per heavy atom. The first kappa shape index (κ1) is 21.8. The van der Waals surface area contributed by atoms with Crippen LogP contribution in [0.2, 0.25) is 0 Å². The van der Waals surface area contributed by atoms with Gasteiger partial charge in [0.05, 0.1) is 23.4 Å². The molecule has 5 nitrogen and oxygen atoms in total. The van der Waals surface area contributed by atoms with Gasteiger partial charge in [-0.15, -0.1) is 0 Å². The maximum absolute atomic E-state index is 13.8. The molecule has 0 amide bonds. The number of rotatable bonds is 3. The summed E-state index contributed by atoms with van der Waals surface area (Å²) in [4.78, 5) is 13.8. The monoisotopic (exact) mass is 449 g/mol. The molecule has 1 aromatic rings. The second kappa shape index (κ2) is 7.17. The molecular weight excluding hydrogens is 410 g/mol. The van der Waals surface area contributed by atoms with Gasteiger partial charge >= 0.3 is 0 Å². The molecule has 1 unspecified atom stereocenters. The summed E-state index contributed by atoms with van der Waals surface area (Å²) in [6, 6.07) is 2.18. The Labute approximate surface area is 197 Å². The van der Waals surface area contributed by atoms with Gasteiger partial charge in [-0.2, -0.15) is 10.4 Å². The van der Waals surface area contributed by atoms with Crippen molar-refractivity contribution in [3.63, 3.8) is 0 Å². The summed E-state index contributed by atoms with van der Waals surface area (Å²) in [5.74, 6) is 6.13. The molecule has 178 valence electrons. The third-order valence-electron chi connectivity index (χ3n) is 11.3. The maximum Gasteiger partial charge on any atom is 0.158 e. The average Bonchev–Trinajstić information content (AvgIpc) is 3.10. The van der Waals surface area contributed by atoms with Crippen LogP contribution in [0.15, 0.2) is 6.20 Å². The third kappa shape index (κ3) is 3.12. The fourth-order valence-electron chi connectivity index (χ4n) is 10.1. The van der Waals surface area contributed by atoms with Crippen LogP contribution in [-0.4, -0.2) is 26.3 Å². The van der Waals surface area contributed by atoms with Crippen molar-refractivity contribution < 1.29 is 9.90 Å². The highest BCUT2D eigenvalue weighted by atomic mass is 16.3. The fraction of sp³-hybridized carbons (Fsp3) is 0.821. The molecule has 1 N–H and O–H groups in total. The van der Waals surface area contributed by atoms with Crippen LogP contribution in [0.3, 0.4) is 0 Å². The molecule has 33 heavy (non-hydrogen) atoms. The summed E-state index contributed by atoms with van der Waals surface area (Å²) in [6.07, 6.45) is 9.87. The summed E-state index contributed by atoms with van der Waals surface area (Å²) in [7, 11) is 0. The largest absolute Gasteiger partial charge is 0.390 e. The van der Waals surface area contributed by atoms with E-state index in [2.05, 4.69) is 25.0 Å². The average molecular weight is 450 g/mol. The molecule has 0 radical (unpaired) electrons. The third-order valence-corrected chi connectivity index (χ3v) is 11.3. The zero-order valence-electron chi connectivity index (χ0n) is 20.6. The summed E-state index contributed by atoms with van der Waals surface area (Å²) in [5, 5.41) is 24.4. The number of Topliss-reactive ketones (excluding diaryl/α,β-unsaturated/α-hetero) is 1. The number of carbonyl (C=O) groups excluding carboxylic acids is 1. The van der Waals surface area contributed by atoms with Crippen LogP contribution in [-0.2, 0) is 11.3 Å². The second-order valence-electron chi connectivity index (χ2n) is 13.0. The fourth-order valence-corrected chi connectivity index (χ4v) is 10.1. The Hall–Kier alpha value is -1.67. The summed E-state index contributed by atoms with van der Waals surface area (Å²) in [5.41, 5.74) is 0.934. The highest BCUT2D eigenvalue weighted by molar-refractivity contribution is 5.83. The van der Waals surface area contributed by atoms with Crippen molar-refractivity contribution in [2.24, 2.45) is 58.7 Å². The van der Waals surface area contributed by atoms with Gasteiger partial charge in [0.1, 0.15) is 6.07 Å². The van der Waals surface area contributed by atoms with Crippen LogP contribution in [0.25, 0.3) is 0 Å². The van der Waals surface area contributed by atoms with Gasteiger partial charge in [-0.1, -0.05) is 13.8 Å². The van der Waals surface area contributed by atoms with Crippen molar-refractivity contribution in [3.05, 3.63) is 17.5 Å². The van der Waals surface area contributed by atoms with Gasteiger partial charge in [0.2, 0.25) is 0 Å². The molecule has 0 aliphatic heterocycles. The quantitative estimate of drug-likeness (QED) is 0.722. The highest BCUT2D eigenvalue weighted by Gasteiger charge is 2.73. The van der Waals surface area contributed by atoms with Crippen LogP contribution >= 0.6 is 0 Å². The summed E-state index contributed by atoms with van der Waals surface area (Å²) >= 11 is 0. The van der Waals surface area contributed by atoms with Crippen molar-refractivity contribution in [3.8, 4) is 6.07 Å². The number of aliphatic hydroxyl groups is 1. The molecule has 0 saturated heterocycles. The molecule has 0 bridgehead atoms. The number of aryl methyl sites for hydroxylation is 1. The zero-order valence-corrected chi connectivity index (χ0v) is 20.6. The predicted octanol–water partition coefficient (Wildman–Crippen LogP) is 4.75. The Kier molecular flexibility index (Phi) is 4.74. The minimum atomic E-state index is -0.464. The number of hydrogen-bond donors (Lipinski definition) is 1. The minimum absolute atomic E-state index is 0.118. The van der Waals surface area contributed by atoms with Crippen molar-refractivity contribution in [2.45, 2.75) is 84.8 Å². The Balaban J connectivity index is 1.25. The lowest BCUT2D eigenvalue weighted by Crippen LogP contribution is -2.52. The van der Waals surface area contributed by atoms with E-state index < -0.39 is 5.60 Å². The van der Waals surface area contributed by atoms with E-state index in [9.17, 15) is 15.2 Å². The Morgan fingerprint density at radius 1 is 1.18 bits per heavy atom. The number of fused-ring (bicyclic) bond motifs is 7. The lowest BCUT2D eigenvalue weighted by atomic mass is 9.47. The molecule has 5 heteroatoms. The first-order valence-electron chi connectivity index (χ1n) is 13.3. The van der Waals surface area contributed by atoms with E-state index in [1.807, 2.05) is 13.8 Å². The number of hydrogen-bond acceptors (Lipinski definition) is 4. The highest BCUT2D eigenvalue weighted by Crippen LogP contribution is 2.76. The topological polar surface area (TPSA) is 78.9 Å². The number of aromatic nitrogens is 2. The molecule has 5 fully saturated rings. The van der Waals surface area contributed by atoms with Crippen LogP contribution in [0.4, 0.5) is 0 Å². The van der Waals surface area contributed by atoms with Gasteiger partial charge in [-0.3, -0.25) is 9.48 Å². The molecule has 1 aromatic heterocycles. The Morgan fingerprint density at radius 2 is 1.94 bits per heavy atom. The standard InChI is InChI=1S/C28H39N3O2/c1-15-23-24(15)26(22(32)14-31-13-18(12-29)16(2)30-31)28(4)10-8-20-19-7-9-27(3,33)11-17(19)5-6-21(20)25(23)28/h13,15,17,19-21,23-26,33H,5-11,14H2,1-4H3/t15-,17+,19-,20?,21+,23+,24-,25+,26-,27+,28-/m0/s1. The minimum Gasteiger partial charge on any atom is -0.390 e. The number of carbonyl (C=O) groups is 1. The lowest BCUT2D eigenvalue weighted by molar-refractivity contribution is -0.137. The van der Waals surface area contributed by atoms with E-state index in [0.717, 1.165) is 30.6 Å². The predicted molar refractivity (Wildman–Crippen MR) is 125 cm³/mol. The van der Waals surface area contributed by atoms with Crippen LogP contribution in [0.1, 0.15) is 77.0 Å². The van der Waals surface area contributed by atoms with Gasteiger partial charge in [-0.25, -0.2) is 0 Å². The zero-order chi connectivity index (χ0) is 23.3. The van der Waals surface area contributed by atoms with Gasteiger partial charge in [-0.05, 0) is 112 Å². The van der Waals surface area contributed by atoms with Crippen molar-refractivity contribution in [1.82, 2.24) is 9.78 Å². The normalized spacial score (nSPS) is 49.9. The summed E-state index contributed by atoms with van der Waals surface area (Å²) < 4.78 is 1.71. The lowest BCUT2D eigenvalue weighted by Gasteiger charge is -2.58. The molecule has 0 spiro atoms. The van der Waals surface area contributed by atoms with E-state index in [4.69, 9.17) is 0 Å². The van der Waals surface area contributed by atoms with Crippen molar-refractivity contribution in [1.29, 1.82) is 5.26 Å². The van der Waals surface area contributed by atoms with E-state index >= 15 is 0 Å². The second-order valence-corrected chi connectivity index (χ2v) is 13.0. The van der Waals surface area contributed by atoms with Crippen molar-refractivity contribution >= 4 is 5.78 Å². The van der Waals surface area contributed by atoms with Crippen LogP contribution < -0.4 is 0 Å². The molecule has 5 aliphatic rings. The van der Waals surface area contributed by atoms with E-state index in [0.29, 0.717) is 53.2 Å². The smallest absolute Gasteiger partial charge is 0.158 e. The number of ketones is 1. The SMILES string of the molecule is Cc1nn(CC(=O)[C@H]2[C@H]3[C@@H](C)[C@H]3[C@H]3[C@@H]4CC[C@@H]5C[C@](C)(O)CC[C@@H]5C4CC[C@@]32C)cc1C#N. The van der Waals surface area contributed by atoms with E-state index in [-0.39, 0.29) is 11.3 Å². The van der Waals surface area contributed by atoms with Crippen LogP contribution in [0, 0.1) is 76.9 Å².